The molecule has 0 aromatic heterocycles. The van der Waals surface area contributed by atoms with Crippen molar-refractivity contribution < 1.29 is 9.59 Å². The summed E-state index contributed by atoms with van der Waals surface area (Å²) in [6.07, 6.45) is 6.17. The summed E-state index contributed by atoms with van der Waals surface area (Å²) in [5, 5.41) is 2.94. The van der Waals surface area contributed by atoms with Crippen LogP contribution in [0.3, 0.4) is 0 Å². The van der Waals surface area contributed by atoms with Gasteiger partial charge in [-0.1, -0.05) is 6.42 Å². The van der Waals surface area contributed by atoms with Crippen LogP contribution in [-0.2, 0) is 9.59 Å². The van der Waals surface area contributed by atoms with Gasteiger partial charge in [0.1, 0.15) is 5.78 Å². The molecule has 2 atom stereocenters. The number of hydrogen-bond acceptors (Lipinski definition) is 3. The van der Waals surface area contributed by atoms with Crippen LogP contribution in [0.2, 0.25) is 0 Å². The molecule has 0 aromatic carbocycles. The lowest BCUT2D eigenvalue weighted by molar-refractivity contribution is -0.129. The molecule has 0 spiro atoms. The second-order valence-electron chi connectivity index (χ2n) is 6.22. The number of carbonyl (C=O) groups excluding carboxylic acids is 2. The lowest BCUT2D eigenvalue weighted by Gasteiger charge is -2.32. The minimum absolute atomic E-state index is 0.0881. The fourth-order valence-electron chi connectivity index (χ4n) is 3.47. The zero-order chi connectivity index (χ0) is 13.8. The van der Waals surface area contributed by atoms with Crippen LogP contribution in [0.1, 0.15) is 52.4 Å². The summed E-state index contributed by atoms with van der Waals surface area (Å²) >= 11 is 0. The molecule has 19 heavy (non-hydrogen) atoms. The molecule has 2 rings (SSSR count). The first-order valence-electron chi connectivity index (χ1n) is 7.64. The number of nitrogens with zero attached hydrogens (tertiary/aromatic N) is 1. The van der Waals surface area contributed by atoms with Gasteiger partial charge >= 0.3 is 0 Å². The number of hydrogen-bond donors (Lipinski definition) is 1. The highest BCUT2D eigenvalue weighted by atomic mass is 16.2. The molecule has 2 unspecified atom stereocenters. The van der Waals surface area contributed by atoms with Gasteiger partial charge in [-0.05, 0) is 46.1 Å². The van der Waals surface area contributed by atoms with E-state index in [2.05, 4.69) is 10.2 Å². The Bertz CT molecular complexity index is 341. The zero-order valence-corrected chi connectivity index (χ0v) is 12.2. The summed E-state index contributed by atoms with van der Waals surface area (Å²) in [6.45, 7) is 5.36. The van der Waals surface area contributed by atoms with Crippen molar-refractivity contribution in [2.45, 2.75) is 64.5 Å². The van der Waals surface area contributed by atoms with Crippen LogP contribution in [-0.4, -0.2) is 41.8 Å². The molecule has 108 valence electrons. The van der Waals surface area contributed by atoms with Crippen molar-refractivity contribution in [3.05, 3.63) is 0 Å². The molecule has 0 radical (unpaired) electrons. The molecule has 1 N–H and O–H groups in total. The first-order chi connectivity index (χ1) is 9.08. The monoisotopic (exact) mass is 266 g/mol. The SMILES string of the molecule is CC(C)NC(=O)CN1CCCC1C1CCCCC1=O. The number of ketones is 1. The molecule has 4 heteroatoms. The van der Waals surface area contributed by atoms with Crippen molar-refractivity contribution in [2.24, 2.45) is 5.92 Å². The van der Waals surface area contributed by atoms with Gasteiger partial charge < -0.3 is 5.32 Å². The summed E-state index contributed by atoms with van der Waals surface area (Å²) in [6, 6.07) is 0.496. The third kappa shape index (κ3) is 3.78. The molecule has 1 amide bonds. The predicted octanol–water partition coefficient (Wildman–Crippen LogP) is 1.73. The highest BCUT2D eigenvalue weighted by molar-refractivity contribution is 5.82. The minimum atomic E-state index is 0.0881. The summed E-state index contributed by atoms with van der Waals surface area (Å²) < 4.78 is 0. The highest BCUT2D eigenvalue weighted by Gasteiger charge is 2.37. The number of rotatable bonds is 4. The normalized spacial score (nSPS) is 28.9. The van der Waals surface area contributed by atoms with Crippen molar-refractivity contribution in [2.75, 3.05) is 13.1 Å². The maximum Gasteiger partial charge on any atom is 0.234 e. The topological polar surface area (TPSA) is 49.4 Å². The maximum atomic E-state index is 12.1. The van der Waals surface area contributed by atoms with E-state index in [0.717, 1.165) is 38.6 Å². The van der Waals surface area contributed by atoms with E-state index in [9.17, 15) is 9.59 Å². The van der Waals surface area contributed by atoms with E-state index >= 15 is 0 Å². The molecule has 0 aromatic rings. The lowest BCUT2D eigenvalue weighted by atomic mass is 9.82. The fourth-order valence-corrected chi connectivity index (χ4v) is 3.47. The quantitative estimate of drug-likeness (QED) is 0.843. The zero-order valence-electron chi connectivity index (χ0n) is 12.2. The second-order valence-corrected chi connectivity index (χ2v) is 6.22. The first-order valence-corrected chi connectivity index (χ1v) is 7.64. The molecular formula is C15H26N2O2. The van der Waals surface area contributed by atoms with Gasteiger partial charge in [-0.25, -0.2) is 0 Å². The Morgan fingerprint density at radius 2 is 2.11 bits per heavy atom. The van der Waals surface area contributed by atoms with Crippen molar-refractivity contribution in [3.8, 4) is 0 Å². The second kappa shape index (κ2) is 6.51. The molecule has 1 aliphatic carbocycles. The Labute approximate surface area is 115 Å². The van der Waals surface area contributed by atoms with Crippen molar-refractivity contribution >= 4 is 11.7 Å². The summed E-state index contributed by atoms with van der Waals surface area (Å²) in [5.74, 6) is 0.695. The summed E-state index contributed by atoms with van der Waals surface area (Å²) in [4.78, 5) is 26.2. The van der Waals surface area contributed by atoms with E-state index in [1.54, 1.807) is 0 Å². The number of carbonyl (C=O) groups is 2. The third-order valence-corrected chi connectivity index (χ3v) is 4.28. The number of Topliss-reactive ketones (excluding diaryl/α,β-unsaturated/α-hetero) is 1. The highest BCUT2D eigenvalue weighted by Crippen LogP contribution is 2.32. The van der Waals surface area contributed by atoms with E-state index < -0.39 is 0 Å². The van der Waals surface area contributed by atoms with Gasteiger partial charge in [0, 0.05) is 24.4 Å². The first kappa shape index (κ1) is 14.5. The van der Waals surface area contributed by atoms with Crippen LogP contribution in [0.5, 0.6) is 0 Å². The molecule has 0 bridgehead atoms. The largest absolute Gasteiger partial charge is 0.353 e. The van der Waals surface area contributed by atoms with Gasteiger partial charge in [0.15, 0.2) is 0 Å². The Morgan fingerprint density at radius 1 is 1.32 bits per heavy atom. The van der Waals surface area contributed by atoms with E-state index in [0.29, 0.717) is 18.4 Å². The molecule has 2 fully saturated rings. The molecule has 2 aliphatic rings. The number of likely N-dealkylation sites (tertiary alicyclic amines) is 1. The van der Waals surface area contributed by atoms with Gasteiger partial charge in [-0.2, -0.15) is 0 Å². The molecule has 1 aliphatic heterocycles. The average molecular weight is 266 g/mol. The van der Waals surface area contributed by atoms with Crippen LogP contribution in [0.4, 0.5) is 0 Å². The van der Waals surface area contributed by atoms with Gasteiger partial charge in [-0.15, -0.1) is 0 Å². The van der Waals surface area contributed by atoms with Crippen LogP contribution < -0.4 is 5.32 Å². The number of amides is 1. The summed E-state index contributed by atoms with van der Waals surface area (Å²) in [7, 11) is 0. The van der Waals surface area contributed by atoms with Crippen molar-refractivity contribution in [3.63, 3.8) is 0 Å². The van der Waals surface area contributed by atoms with Crippen LogP contribution in [0.25, 0.3) is 0 Å². The number of nitrogens with one attached hydrogen (secondary N) is 1. The average Bonchev–Trinajstić information content (AvgIpc) is 2.76. The molecule has 1 saturated heterocycles. The van der Waals surface area contributed by atoms with Crippen LogP contribution in [0.15, 0.2) is 0 Å². The maximum absolute atomic E-state index is 12.1. The van der Waals surface area contributed by atoms with Crippen molar-refractivity contribution in [1.82, 2.24) is 10.2 Å². The minimum Gasteiger partial charge on any atom is -0.353 e. The van der Waals surface area contributed by atoms with E-state index in [4.69, 9.17) is 0 Å². The molecular weight excluding hydrogens is 240 g/mol. The van der Waals surface area contributed by atoms with Crippen molar-refractivity contribution in [1.29, 1.82) is 0 Å². The van der Waals surface area contributed by atoms with E-state index in [-0.39, 0.29) is 17.9 Å². The molecule has 1 heterocycles. The van der Waals surface area contributed by atoms with Crippen LogP contribution in [0, 0.1) is 5.92 Å². The lowest BCUT2D eigenvalue weighted by Crippen LogP contribution is -2.46. The van der Waals surface area contributed by atoms with E-state index in [1.165, 1.54) is 6.42 Å². The Balaban J connectivity index is 1.92. The van der Waals surface area contributed by atoms with Gasteiger partial charge in [0.25, 0.3) is 0 Å². The summed E-state index contributed by atoms with van der Waals surface area (Å²) in [5.41, 5.74) is 0. The standard InChI is InChI=1S/C15H26N2O2/c1-11(2)16-15(19)10-17-9-5-7-13(17)12-6-3-4-8-14(12)18/h11-13H,3-10H2,1-2H3,(H,16,19). The van der Waals surface area contributed by atoms with Crippen LogP contribution >= 0.6 is 0 Å². The smallest absolute Gasteiger partial charge is 0.234 e. The predicted molar refractivity (Wildman–Crippen MR) is 74.8 cm³/mol. The Kier molecular flexibility index (Phi) is 4.97. The molecule has 1 saturated carbocycles. The van der Waals surface area contributed by atoms with Gasteiger partial charge in [0.05, 0.1) is 6.54 Å². The molecule has 4 nitrogen and oxygen atoms in total. The fraction of sp³-hybridized carbons (Fsp3) is 0.867. The Morgan fingerprint density at radius 3 is 2.79 bits per heavy atom. The third-order valence-electron chi connectivity index (χ3n) is 4.28. The Hall–Kier alpha value is -0.900. The van der Waals surface area contributed by atoms with Gasteiger partial charge in [0.2, 0.25) is 5.91 Å². The van der Waals surface area contributed by atoms with Gasteiger partial charge in [-0.3, -0.25) is 14.5 Å². The van der Waals surface area contributed by atoms with E-state index in [1.807, 2.05) is 13.8 Å².